The van der Waals surface area contributed by atoms with E-state index >= 15 is 4.39 Å². The molecule has 3 nitrogen and oxygen atoms in total. The summed E-state index contributed by atoms with van der Waals surface area (Å²) in [5.41, 5.74) is -1.36. The Morgan fingerprint density at radius 3 is 1.54 bits per heavy atom. The van der Waals surface area contributed by atoms with Crippen LogP contribution in [0.5, 0.6) is 0 Å². The first-order valence-corrected chi connectivity index (χ1v) is 11.0. The summed E-state index contributed by atoms with van der Waals surface area (Å²) in [5.74, 6) is 0.233. The summed E-state index contributed by atoms with van der Waals surface area (Å²) >= 11 is 0. The maximum atomic E-state index is 15.4. The Kier molecular flexibility index (Phi) is 6.77. The molecule has 3 rings (SSSR count). The highest BCUT2D eigenvalue weighted by Gasteiger charge is 2.71. The summed E-state index contributed by atoms with van der Waals surface area (Å²) in [7, 11) is 0. The van der Waals surface area contributed by atoms with E-state index in [0.717, 1.165) is 64.6 Å². The molecular formula is C22H37FO3. The lowest BCUT2D eigenvalue weighted by Crippen LogP contribution is -2.69. The fourth-order valence-electron chi connectivity index (χ4n) is 5.47. The molecular weight excluding hydrogens is 331 g/mol. The van der Waals surface area contributed by atoms with Crippen molar-refractivity contribution in [1.82, 2.24) is 0 Å². The van der Waals surface area contributed by atoms with Gasteiger partial charge in [0.2, 0.25) is 0 Å². The molecule has 0 heterocycles. The highest BCUT2D eigenvalue weighted by atomic mass is 19.1. The summed E-state index contributed by atoms with van der Waals surface area (Å²) in [5, 5.41) is 0. The minimum absolute atomic E-state index is 0.228. The van der Waals surface area contributed by atoms with Crippen LogP contribution in [0, 0.1) is 10.8 Å². The third-order valence-electron chi connectivity index (χ3n) is 7.23. The van der Waals surface area contributed by atoms with E-state index in [1.165, 1.54) is 0 Å². The van der Waals surface area contributed by atoms with E-state index < -0.39 is 17.0 Å². The summed E-state index contributed by atoms with van der Waals surface area (Å²) < 4.78 is 27.2. The normalized spacial score (nSPS) is 40.1. The zero-order chi connectivity index (χ0) is 18.6. The van der Waals surface area contributed by atoms with Crippen molar-refractivity contribution in [3.63, 3.8) is 0 Å². The predicted octanol–water partition coefficient (Wildman–Crippen LogP) is 5.40. The molecule has 3 saturated carbocycles. The highest BCUT2D eigenvalue weighted by Crippen LogP contribution is 2.64. The fraction of sp³-hybridized carbons (Fsp3) is 0.955. The van der Waals surface area contributed by atoms with E-state index in [0.29, 0.717) is 25.7 Å². The Morgan fingerprint density at radius 2 is 1.23 bits per heavy atom. The van der Waals surface area contributed by atoms with Crippen LogP contribution in [-0.4, -0.2) is 37.4 Å². The monoisotopic (exact) mass is 368 g/mol. The molecule has 0 amide bonds. The SMILES string of the molecule is CCCCOC1CCC2(CC1)C(=O)C1(CCC(OCCCC)CC1)C2F. The van der Waals surface area contributed by atoms with Gasteiger partial charge in [0, 0.05) is 13.2 Å². The van der Waals surface area contributed by atoms with E-state index in [1.807, 2.05) is 0 Å². The molecule has 0 aromatic carbocycles. The predicted molar refractivity (Wildman–Crippen MR) is 101 cm³/mol. The summed E-state index contributed by atoms with van der Waals surface area (Å²) in [6.07, 6.45) is 10.0. The van der Waals surface area contributed by atoms with Gasteiger partial charge in [-0.25, -0.2) is 4.39 Å². The van der Waals surface area contributed by atoms with Gasteiger partial charge in [-0.1, -0.05) is 26.7 Å². The van der Waals surface area contributed by atoms with E-state index in [1.54, 1.807) is 0 Å². The molecule has 26 heavy (non-hydrogen) atoms. The van der Waals surface area contributed by atoms with Crippen molar-refractivity contribution in [2.24, 2.45) is 10.8 Å². The second-order valence-corrected chi connectivity index (χ2v) is 8.85. The van der Waals surface area contributed by atoms with Crippen LogP contribution >= 0.6 is 0 Å². The molecule has 3 fully saturated rings. The third-order valence-corrected chi connectivity index (χ3v) is 7.23. The molecule has 2 spiro atoms. The number of halogens is 1. The van der Waals surface area contributed by atoms with Crippen LogP contribution in [0.1, 0.15) is 90.9 Å². The van der Waals surface area contributed by atoms with Gasteiger partial charge in [0.25, 0.3) is 0 Å². The minimum atomic E-state index is -0.948. The van der Waals surface area contributed by atoms with E-state index in [-0.39, 0.29) is 18.0 Å². The molecule has 150 valence electrons. The Labute approximate surface area is 158 Å². The lowest BCUT2D eigenvalue weighted by atomic mass is 9.42. The van der Waals surface area contributed by atoms with Crippen molar-refractivity contribution in [3.8, 4) is 0 Å². The van der Waals surface area contributed by atoms with E-state index in [4.69, 9.17) is 9.47 Å². The van der Waals surface area contributed by atoms with Gasteiger partial charge < -0.3 is 9.47 Å². The first kappa shape index (κ1) is 20.3. The summed E-state index contributed by atoms with van der Waals surface area (Å²) in [6, 6.07) is 0. The quantitative estimate of drug-likeness (QED) is 0.538. The topological polar surface area (TPSA) is 35.5 Å². The Hall–Kier alpha value is -0.480. The number of alkyl halides is 1. The molecule has 4 heteroatoms. The molecule has 0 radical (unpaired) electrons. The Balaban J connectivity index is 1.48. The third kappa shape index (κ3) is 3.61. The van der Waals surface area contributed by atoms with Gasteiger partial charge in [0.05, 0.1) is 23.0 Å². The second-order valence-electron chi connectivity index (χ2n) is 8.85. The molecule has 0 aliphatic heterocycles. The number of rotatable bonds is 8. The molecule has 0 aromatic rings. The first-order chi connectivity index (χ1) is 12.6. The average Bonchev–Trinajstić information content (AvgIpc) is 2.69. The lowest BCUT2D eigenvalue weighted by Gasteiger charge is -2.61. The van der Waals surface area contributed by atoms with Gasteiger partial charge in [-0.3, -0.25) is 4.79 Å². The number of Topliss-reactive ketones (excluding diaryl/α,β-unsaturated/α-hetero) is 1. The van der Waals surface area contributed by atoms with Crippen LogP contribution in [0.15, 0.2) is 0 Å². The lowest BCUT2D eigenvalue weighted by molar-refractivity contribution is -0.198. The minimum Gasteiger partial charge on any atom is -0.378 e. The molecule has 0 atom stereocenters. The Bertz CT molecular complexity index is 422. The molecule has 3 aliphatic rings. The van der Waals surface area contributed by atoms with Crippen LogP contribution in [0.4, 0.5) is 4.39 Å². The first-order valence-electron chi connectivity index (χ1n) is 11.0. The van der Waals surface area contributed by atoms with Crippen molar-refractivity contribution in [3.05, 3.63) is 0 Å². The van der Waals surface area contributed by atoms with Crippen LogP contribution in [0.3, 0.4) is 0 Å². The maximum absolute atomic E-state index is 15.4. The number of carbonyl (C=O) groups is 1. The van der Waals surface area contributed by atoms with E-state index in [9.17, 15) is 4.79 Å². The summed E-state index contributed by atoms with van der Waals surface area (Å²) in [4.78, 5) is 13.1. The molecule has 0 N–H and O–H groups in total. The molecule has 3 aliphatic carbocycles. The van der Waals surface area contributed by atoms with Crippen molar-refractivity contribution in [2.75, 3.05) is 13.2 Å². The molecule has 0 unspecified atom stereocenters. The molecule has 0 bridgehead atoms. The van der Waals surface area contributed by atoms with Gasteiger partial charge >= 0.3 is 0 Å². The molecule has 0 aromatic heterocycles. The van der Waals surface area contributed by atoms with Crippen LogP contribution < -0.4 is 0 Å². The van der Waals surface area contributed by atoms with Crippen LogP contribution in [0.2, 0.25) is 0 Å². The van der Waals surface area contributed by atoms with Gasteiger partial charge in [-0.15, -0.1) is 0 Å². The van der Waals surface area contributed by atoms with Crippen molar-refractivity contribution < 1.29 is 18.7 Å². The van der Waals surface area contributed by atoms with Gasteiger partial charge in [0.1, 0.15) is 6.17 Å². The average molecular weight is 369 g/mol. The van der Waals surface area contributed by atoms with Crippen molar-refractivity contribution in [1.29, 1.82) is 0 Å². The zero-order valence-corrected chi connectivity index (χ0v) is 16.7. The van der Waals surface area contributed by atoms with Crippen molar-refractivity contribution >= 4 is 5.78 Å². The highest BCUT2D eigenvalue weighted by molar-refractivity contribution is 5.98. The standard InChI is InChI=1S/C22H37FO3/c1-3-5-15-25-17-7-11-21(12-8-17)19(23)22(20(21)24)13-9-18(10-14-22)26-16-6-4-2/h17-19H,3-16H2,1-2H3. The Morgan fingerprint density at radius 1 is 0.846 bits per heavy atom. The van der Waals surface area contributed by atoms with Crippen molar-refractivity contribution in [2.45, 2.75) is 109 Å². The van der Waals surface area contributed by atoms with Crippen LogP contribution in [0.25, 0.3) is 0 Å². The maximum Gasteiger partial charge on any atom is 0.151 e. The summed E-state index contributed by atoms with van der Waals surface area (Å²) in [6.45, 7) is 5.90. The molecule has 0 saturated heterocycles. The number of unbranched alkanes of at least 4 members (excludes halogenated alkanes) is 2. The number of carbonyl (C=O) groups excluding carboxylic acids is 1. The number of ketones is 1. The van der Waals surface area contributed by atoms with E-state index in [2.05, 4.69) is 13.8 Å². The van der Waals surface area contributed by atoms with Gasteiger partial charge in [0.15, 0.2) is 5.78 Å². The zero-order valence-electron chi connectivity index (χ0n) is 16.7. The van der Waals surface area contributed by atoms with Gasteiger partial charge in [-0.05, 0) is 64.2 Å². The number of ether oxygens (including phenoxy) is 2. The second kappa shape index (κ2) is 8.68. The van der Waals surface area contributed by atoms with Crippen LogP contribution in [-0.2, 0) is 14.3 Å². The number of hydrogen-bond donors (Lipinski definition) is 0. The number of hydrogen-bond acceptors (Lipinski definition) is 3. The smallest absolute Gasteiger partial charge is 0.151 e. The van der Waals surface area contributed by atoms with Gasteiger partial charge in [-0.2, -0.15) is 0 Å². The largest absolute Gasteiger partial charge is 0.378 e. The fourth-order valence-corrected chi connectivity index (χ4v) is 5.47.